The number of hydrogen-bond acceptors (Lipinski definition) is 2. The van der Waals surface area contributed by atoms with Gasteiger partial charge in [-0.1, -0.05) is 45.9 Å². The van der Waals surface area contributed by atoms with E-state index < -0.39 is 23.4 Å². The van der Waals surface area contributed by atoms with E-state index in [0.29, 0.717) is 5.57 Å². The maximum atomic E-state index is 13.3. The summed E-state index contributed by atoms with van der Waals surface area (Å²) in [7, 11) is 0. The van der Waals surface area contributed by atoms with Crippen molar-refractivity contribution in [2.24, 2.45) is 0 Å². The van der Waals surface area contributed by atoms with Crippen LogP contribution in [0.15, 0.2) is 53.4 Å². The molecule has 0 spiro atoms. The van der Waals surface area contributed by atoms with Crippen molar-refractivity contribution in [2.75, 3.05) is 6.61 Å². The van der Waals surface area contributed by atoms with Crippen LogP contribution in [0.25, 0.3) is 0 Å². The molecule has 5 heteroatoms. The molecule has 0 unspecified atom stereocenters. The van der Waals surface area contributed by atoms with E-state index in [1.165, 1.54) is 6.07 Å². The van der Waals surface area contributed by atoms with Crippen molar-refractivity contribution in [1.29, 1.82) is 0 Å². The third-order valence-corrected chi connectivity index (χ3v) is 2.79. The lowest BCUT2D eigenvalue weighted by atomic mass is 10.1. The number of rotatable bonds is 4. The highest BCUT2D eigenvalue weighted by Gasteiger charge is 2.11. The van der Waals surface area contributed by atoms with Gasteiger partial charge in [0.2, 0.25) is 0 Å². The van der Waals surface area contributed by atoms with E-state index in [-0.39, 0.29) is 17.8 Å². The lowest BCUT2D eigenvalue weighted by Gasteiger charge is -2.05. The summed E-state index contributed by atoms with van der Waals surface area (Å²) in [6.45, 7) is 20.2. The van der Waals surface area contributed by atoms with Gasteiger partial charge in [-0.15, -0.1) is 0 Å². The first kappa shape index (κ1) is 30.4. The smallest absolute Gasteiger partial charge is 0.338 e. The number of allylic oxidation sites excluding steroid dienone is 3. The molecule has 1 aromatic rings. The Kier molecular flexibility index (Phi) is 19.6. The molecule has 160 valence electrons. The molecule has 0 aromatic heterocycles. The quantitative estimate of drug-likeness (QED) is 0.295. The van der Waals surface area contributed by atoms with E-state index >= 15 is 0 Å². The average Bonchev–Trinajstić information content (AvgIpc) is 2.66. The zero-order valence-electron chi connectivity index (χ0n) is 18.7. The Morgan fingerprint density at radius 3 is 1.89 bits per heavy atom. The summed E-state index contributed by atoms with van der Waals surface area (Å²) in [6, 6.07) is 3.80. The van der Waals surface area contributed by atoms with E-state index in [4.69, 9.17) is 4.74 Å². The zero-order chi connectivity index (χ0) is 22.9. The van der Waals surface area contributed by atoms with E-state index in [1.54, 1.807) is 34.6 Å². The van der Waals surface area contributed by atoms with Gasteiger partial charge in [0.25, 0.3) is 0 Å². The largest absolute Gasteiger partial charge is 0.462 e. The third kappa shape index (κ3) is 13.8. The highest BCUT2D eigenvalue weighted by Crippen LogP contribution is 2.15. The van der Waals surface area contributed by atoms with Gasteiger partial charge in [-0.3, -0.25) is 0 Å². The van der Waals surface area contributed by atoms with Gasteiger partial charge < -0.3 is 4.74 Å². The highest BCUT2D eigenvalue weighted by atomic mass is 19.2. The van der Waals surface area contributed by atoms with Crippen LogP contribution >= 0.6 is 0 Å². The molecule has 2 nitrogen and oxygen atoms in total. The third-order valence-electron chi connectivity index (χ3n) is 2.79. The van der Waals surface area contributed by atoms with E-state index in [9.17, 15) is 18.0 Å². The Morgan fingerprint density at radius 1 is 1.07 bits per heavy atom. The van der Waals surface area contributed by atoms with Crippen LogP contribution in [-0.4, -0.2) is 12.6 Å². The standard InChI is InChI=1S/C12H17FO2.C7H6F2.2C2H6/c1-6-15-12(14)10(8(2)3)7-11(13)9(4)5;1-5-2-3-6(8)7(9)4-5;2*1-2/h7H,4,6H2,1-3,5H3;2-4H,1H3;2*1-2H3/b11-7+;;;. The summed E-state index contributed by atoms with van der Waals surface area (Å²) in [5.74, 6) is -2.58. The molecular weight excluding hydrogens is 365 g/mol. The van der Waals surface area contributed by atoms with Crippen molar-refractivity contribution in [3.05, 3.63) is 70.6 Å². The van der Waals surface area contributed by atoms with Gasteiger partial charge in [-0.25, -0.2) is 18.0 Å². The Hall–Kier alpha value is -2.30. The predicted molar refractivity (Wildman–Crippen MR) is 113 cm³/mol. The molecule has 0 saturated carbocycles. The fourth-order valence-corrected chi connectivity index (χ4v) is 1.47. The second-order valence-corrected chi connectivity index (χ2v) is 5.32. The monoisotopic (exact) mass is 400 g/mol. The van der Waals surface area contributed by atoms with Crippen molar-refractivity contribution in [3.63, 3.8) is 0 Å². The van der Waals surface area contributed by atoms with Crippen molar-refractivity contribution < 1.29 is 22.7 Å². The molecular formula is C23H35F3O2. The van der Waals surface area contributed by atoms with Crippen LogP contribution in [0.3, 0.4) is 0 Å². The van der Waals surface area contributed by atoms with Crippen LogP contribution in [-0.2, 0) is 9.53 Å². The van der Waals surface area contributed by atoms with Gasteiger partial charge in [0.05, 0.1) is 12.2 Å². The van der Waals surface area contributed by atoms with Crippen molar-refractivity contribution >= 4 is 5.97 Å². The Balaban J connectivity index is -0.000000407. The summed E-state index contributed by atoms with van der Waals surface area (Å²) in [5, 5.41) is 0. The van der Waals surface area contributed by atoms with Crippen LogP contribution in [0.1, 0.15) is 61.0 Å². The minimum absolute atomic E-state index is 0.248. The fourth-order valence-electron chi connectivity index (χ4n) is 1.47. The molecule has 0 radical (unpaired) electrons. The van der Waals surface area contributed by atoms with Gasteiger partial charge in [0.1, 0.15) is 5.83 Å². The molecule has 0 aliphatic carbocycles. The molecule has 0 aliphatic rings. The number of esters is 1. The minimum atomic E-state index is -0.791. The van der Waals surface area contributed by atoms with Gasteiger partial charge in [0, 0.05) is 0 Å². The summed E-state index contributed by atoms with van der Waals surface area (Å²) >= 11 is 0. The lowest BCUT2D eigenvalue weighted by molar-refractivity contribution is -0.138. The molecule has 0 saturated heterocycles. The molecule has 0 bridgehead atoms. The van der Waals surface area contributed by atoms with Gasteiger partial charge in [0.15, 0.2) is 11.6 Å². The summed E-state index contributed by atoms with van der Waals surface area (Å²) in [4.78, 5) is 11.4. The highest BCUT2D eigenvalue weighted by molar-refractivity contribution is 5.92. The molecule has 0 atom stereocenters. The van der Waals surface area contributed by atoms with Gasteiger partial charge in [-0.2, -0.15) is 0 Å². The molecule has 28 heavy (non-hydrogen) atoms. The molecule has 0 aliphatic heterocycles. The molecule has 0 fully saturated rings. The van der Waals surface area contributed by atoms with E-state index in [2.05, 4.69) is 6.58 Å². The number of aryl methyl sites for hydroxylation is 1. The van der Waals surface area contributed by atoms with Crippen molar-refractivity contribution in [1.82, 2.24) is 0 Å². The molecule has 1 rings (SSSR count). The van der Waals surface area contributed by atoms with Crippen LogP contribution in [0.5, 0.6) is 0 Å². The topological polar surface area (TPSA) is 26.3 Å². The number of carbonyl (C=O) groups excluding carboxylic acids is 1. The SMILES string of the molecule is C=C(C)/C(F)=C\C(C(=O)OCC)=C(C)C.CC.CC.Cc1ccc(F)c(F)c1. The normalized spacial score (nSPS) is 9.36. The van der Waals surface area contributed by atoms with E-state index in [0.717, 1.165) is 23.8 Å². The van der Waals surface area contributed by atoms with Gasteiger partial charge in [-0.05, 0) is 64.0 Å². The summed E-state index contributed by atoms with van der Waals surface area (Å²) in [5.41, 5.74) is 1.98. The molecule has 1 aromatic carbocycles. The molecule has 0 amide bonds. The second-order valence-electron chi connectivity index (χ2n) is 5.32. The number of hydrogen-bond donors (Lipinski definition) is 0. The van der Waals surface area contributed by atoms with Crippen molar-refractivity contribution in [2.45, 2.75) is 62.3 Å². The molecule has 0 N–H and O–H groups in total. The van der Waals surface area contributed by atoms with Crippen LogP contribution in [0.2, 0.25) is 0 Å². The van der Waals surface area contributed by atoms with Crippen LogP contribution in [0, 0.1) is 18.6 Å². The Morgan fingerprint density at radius 2 is 1.57 bits per heavy atom. The maximum absolute atomic E-state index is 13.3. The first-order valence-electron chi connectivity index (χ1n) is 9.39. The molecule has 0 heterocycles. The number of halogens is 3. The van der Waals surface area contributed by atoms with Crippen LogP contribution in [0.4, 0.5) is 13.2 Å². The first-order chi connectivity index (χ1) is 13.1. The average molecular weight is 401 g/mol. The first-order valence-corrected chi connectivity index (χ1v) is 9.39. The zero-order valence-corrected chi connectivity index (χ0v) is 18.7. The van der Waals surface area contributed by atoms with Crippen LogP contribution < -0.4 is 0 Å². The predicted octanol–water partition coefficient (Wildman–Crippen LogP) is 7.64. The Labute approximate surface area is 168 Å². The van der Waals surface area contributed by atoms with E-state index in [1.807, 2.05) is 27.7 Å². The number of benzene rings is 1. The van der Waals surface area contributed by atoms with Crippen molar-refractivity contribution in [3.8, 4) is 0 Å². The summed E-state index contributed by atoms with van der Waals surface area (Å²) < 4.78 is 42.4. The summed E-state index contributed by atoms with van der Waals surface area (Å²) in [6.07, 6.45) is 1.16. The Bertz CT molecular complexity index is 656. The maximum Gasteiger partial charge on any atom is 0.338 e. The minimum Gasteiger partial charge on any atom is -0.462 e. The van der Waals surface area contributed by atoms with Gasteiger partial charge >= 0.3 is 5.97 Å². The lowest BCUT2D eigenvalue weighted by Crippen LogP contribution is -2.07. The number of ether oxygens (including phenoxy) is 1. The fraction of sp³-hybridized carbons (Fsp3) is 0.435. The number of carbonyl (C=O) groups is 1. The second kappa shape index (κ2) is 18.1.